The van der Waals surface area contributed by atoms with Gasteiger partial charge in [0.25, 0.3) is 0 Å². The fourth-order valence-electron chi connectivity index (χ4n) is 2.46. The van der Waals surface area contributed by atoms with Crippen LogP contribution in [0.15, 0.2) is 24.3 Å². The van der Waals surface area contributed by atoms with Crippen molar-refractivity contribution in [2.75, 3.05) is 26.7 Å². The van der Waals surface area contributed by atoms with E-state index in [-0.39, 0.29) is 18.1 Å². The number of nitrogens with one attached hydrogen (secondary N) is 1. The minimum Gasteiger partial charge on any atom is -0.469 e. The van der Waals surface area contributed by atoms with Crippen molar-refractivity contribution in [2.45, 2.75) is 18.9 Å². The third kappa shape index (κ3) is 4.01. The van der Waals surface area contributed by atoms with Gasteiger partial charge in [0.05, 0.1) is 19.6 Å². The highest BCUT2D eigenvalue weighted by atomic mass is 19.1. The molecule has 1 aromatic carbocycles. The van der Waals surface area contributed by atoms with E-state index in [4.69, 9.17) is 0 Å². The van der Waals surface area contributed by atoms with Crippen LogP contribution in [0.1, 0.15) is 12.0 Å². The number of amides is 1. The first-order valence-corrected chi connectivity index (χ1v) is 6.94. The molecule has 1 saturated heterocycles. The van der Waals surface area contributed by atoms with E-state index in [2.05, 4.69) is 10.1 Å². The Balaban J connectivity index is 2.00. The zero-order chi connectivity index (χ0) is 15.2. The fourth-order valence-corrected chi connectivity index (χ4v) is 2.46. The molecule has 114 valence electrons. The molecule has 6 heteroatoms. The highest BCUT2D eigenvalue weighted by molar-refractivity contribution is 5.87. The van der Waals surface area contributed by atoms with E-state index in [9.17, 15) is 14.0 Å². The van der Waals surface area contributed by atoms with Gasteiger partial charge in [-0.2, -0.15) is 0 Å². The molecule has 0 bridgehead atoms. The number of hydrogen-bond acceptors (Lipinski definition) is 4. The number of piperazine rings is 1. The summed E-state index contributed by atoms with van der Waals surface area (Å²) in [5.41, 5.74) is 0.611. The number of carbonyl (C=O) groups excluding carboxylic acids is 2. The Kier molecular flexibility index (Phi) is 5.27. The zero-order valence-electron chi connectivity index (χ0n) is 12.0. The number of hydrogen-bond donors (Lipinski definition) is 1. The van der Waals surface area contributed by atoms with Crippen LogP contribution in [0.4, 0.5) is 4.39 Å². The third-order valence-corrected chi connectivity index (χ3v) is 3.66. The molecule has 1 amide bonds. The largest absolute Gasteiger partial charge is 0.469 e. The topological polar surface area (TPSA) is 58.6 Å². The van der Waals surface area contributed by atoms with Crippen LogP contribution in [-0.4, -0.2) is 49.6 Å². The smallest absolute Gasteiger partial charge is 0.307 e. The molecule has 0 unspecified atom stereocenters. The highest BCUT2D eigenvalue weighted by Crippen LogP contribution is 2.13. The number of benzene rings is 1. The number of ether oxygens (including phenoxy) is 1. The van der Waals surface area contributed by atoms with Gasteiger partial charge in [-0.05, 0) is 18.1 Å². The molecule has 21 heavy (non-hydrogen) atoms. The lowest BCUT2D eigenvalue weighted by molar-refractivity contribution is -0.145. The lowest BCUT2D eigenvalue weighted by Gasteiger charge is -2.34. The molecule has 0 aromatic heterocycles. The van der Waals surface area contributed by atoms with Crippen LogP contribution >= 0.6 is 0 Å². The SMILES string of the molecule is COC(=O)C[C@@H]1C(=O)NCCN1CCc1ccccc1F. The summed E-state index contributed by atoms with van der Waals surface area (Å²) >= 11 is 0. The Labute approximate surface area is 123 Å². The molecule has 0 aliphatic carbocycles. The second-order valence-corrected chi connectivity index (χ2v) is 4.96. The maximum absolute atomic E-state index is 13.6. The minimum absolute atomic E-state index is 0.0135. The van der Waals surface area contributed by atoms with Crippen molar-refractivity contribution in [3.63, 3.8) is 0 Å². The van der Waals surface area contributed by atoms with Gasteiger partial charge in [0, 0.05) is 19.6 Å². The van der Waals surface area contributed by atoms with E-state index >= 15 is 0 Å². The second kappa shape index (κ2) is 7.17. The predicted octanol–water partition coefficient (Wildman–Crippen LogP) is 0.732. The molecule has 0 radical (unpaired) electrons. The van der Waals surface area contributed by atoms with Gasteiger partial charge in [-0.3, -0.25) is 14.5 Å². The molecular weight excluding hydrogens is 275 g/mol. The van der Waals surface area contributed by atoms with E-state index < -0.39 is 12.0 Å². The first-order valence-electron chi connectivity index (χ1n) is 6.94. The Morgan fingerprint density at radius 3 is 2.95 bits per heavy atom. The van der Waals surface area contributed by atoms with Crippen LogP contribution < -0.4 is 5.32 Å². The maximum atomic E-state index is 13.6. The van der Waals surface area contributed by atoms with E-state index in [0.717, 1.165) is 0 Å². The Bertz CT molecular complexity index is 521. The van der Waals surface area contributed by atoms with Crippen LogP contribution in [0.5, 0.6) is 0 Å². The van der Waals surface area contributed by atoms with Gasteiger partial charge in [0.15, 0.2) is 0 Å². The summed E-state index contributed by atoms with van der Waals surface area (Å²) in [4.78, 5) is 25.2. The Morgan fingerprint density at radius 1 is 1.48 bits per heavy atom. The molecule has 1 fully saturated rings. The van der Waals surface area contributed by atoms with Crippen LogP contribution in [0, 0.1) is 5.82 Å². The molecule has 1 heterocycles. The number of nitrogens with zero attached hydrogens (tertiary/aromatic N) is 1. The van der Waals surface area contributed by atoms with Crippen molar-refractivity contribution in [3.8, 4) is 0 Å². The van der Waals surface area contributed by atoms with Gasteiger partial charge in [-0.15, -0.1) is 0 Å². The fraction of sp³-hybridized carbons (Fsp3) is 0.467. The average Bonchev–Trinajstić information content (AvgIpc) is 2.49. The van der Waals surface area contributed by atoms with Gasteiger partial charge >= 0.3 is 5.97 Å². The molecule has 1 aliphatic rings. The molecule has 1 N–H and O–H groups in total. The van der Waals surface area contributed by atoms with Gasteiger partial charge in [0.1, 0.15) is 5.82 Å². The molecule has 5 nitrogen and oxygen atoms in total. The number of methoxy groups -OCH3 is 1. The Hall–Kier alpha value is -1.95. The first kappa shape index (κ1) is 15.4. The molecular formula is C15H19FN2O3. The number of carbonyl (C=O) groups is 2. The number of esters is 1. The summed E-state index contributed by atoms with van der Waals surface area (Å²) in [6, 6.07) is 6.04. The van der Waals surface area contributed by atoms with Crippen LogP contribution in [0.2, 0.25) is 0 Å². The molecule has 0 saturated carbocycles. The molecule has 1 aromatic rings. The summed E-state index contributed by atoms with van der Waals surface area (Å²) in [6.07, 6.45) is 0.511. The van der Waals surface area contributed by atoms with Gasteiger partial charge in [-0.25, -0.2) is 4.39 Å². The van der Waals surface area contributed by atoms with Crippen molar-refractivity contribution in [1.29, 1.82) is 0 Å². The summed E-state index contributed by atoms with van der Waals surface area (Å²) in [7, 11) is 1.30. The molecule has 1 atom stereocenters. The van der Waals surface area contributed by atoms with Crippen molar-refractivity contribution in [1.82, 2.24) is 10.2 Å². The second-order valence-electron chi connectivity index (χ2n) is 4.96. The summed E-state index contributed by atoms with van der Waals surface area (Å²) in [5.74, 6) is -0.850. The minimum atomic E-state index is -0.544. The molecule has 0 spiro atoms. The molecule has 1 aliphatic heterocycles. The standard InChI is InChI=1S/C15H19FN2O3/c1-21-14(19)10-13-15(20)17-7-9-18(13)8-6-11-4-2-3-5-12(11)16/h2-5,13H,6-10H2,1H3,(H,17,20)/t13-/m1/s1. The van der Waals surface area contributed by atoms with Crippen molar-refractivity contribution >= 4 is 11.9 Å². The van der Waals surface area contributed by atoms with E-state index in [1.54, 1.807) is 18.2 Å². The van der Waals surface area contributed by atoms with Crippen LogP contribution in [0.25, 0.3) is 0 Å². The number of rotatable bonds is 5. The average molecular weight is 294 g/mol. The van der Waals surface area contributed by atoms with Crippen molar-refractivity contribution < 1.29 is 18.7 Å². The third-order valence-electron chi connectivity index (χ3n) is 3.66. The summed E-state index contributed by atoms with van der Waals surface area (Å²) in [6.45, 7) is 1.70. The quantitative estimate of drug-likeness (QED) is 0.814. The van der Waals surface area contributed by atoms with E-state index in [0.29, 0.717) is 31.6 Å². The summed E-state index contributed by atoms with van der Waals surface area (Å²) in [5, 5.41) is 2.74. The normalized spacial score (nSPS) is 19.1. The maximum Gasteiger partial charge on any atom is 0.307 e. The first-order chi connectivity index (χ1) is 10.1. The Morgan fingerprint density at radius 2 is 2.24 bits per heavy atom. The lowest BCUT2D eigenvalue weighted by atomic mass is 10.1. The van der Waals surface area contributed by atoms with Gasteiger partial charge in [0.2, 0.25) is 5.91 Å². The predicted molar refractivity (Wildman–Crippen MR) is 75.1 cm³/mol. The molecule has 2 rings (SSSR count). The lowest BCUT2D eigenvalue weighted by Crippen LogP contribution is -2.56. The van der Waals surface area contributed by atoms with Crippen LogP contribution in [0.3, 0.4) is 0 Å². The van der Waals surface area contributed by atoms with E-state index in [1.165, 1.54) is 13.2 Å². The monoisotopic (exact) mass is 294 g/mol. The van der Waals surface area contributed by atoms with Crippen molar-refractivity contribution in [2.24, 2.45) is 0 Å². The summed E-state index contributed by atoms with van der Waals surface area (Å²) < 4.78 is 18.2. The van der Waals surface area contributed by atoms with Crippen molar-refractivity contribution in [3.05, 3.63) is 35.6 Å². The highest BCUT2D eigenvalue weighted by Gasteiger charge is 2.31. The van der Waals surface area contributed by atoms with Crippen LogP contribution in [-0.2, 0) is 20.7 Å². The van der Waals surface area contributed by atoms with Gasteiger partial charge in [-0.1, -0.05) is 18.2 Å². The van der Waals surface area contributed by atoms with E-state index in [1.807, 2.05) is 4.90 Å². The zero-order valence-corrected chi connectivity index (χ0v) is 12.0. The van der Waals surface area contributed by atoms with Gasteiger partial charge < -0.3 is 10.1 Å². The number of halogens is 1.